The van der Waals surface area contributed by atoms with Crippen molar-refractivity contribution in [2.75, 3.05) is 5.75 Å². The van der Waals surface area contributed by atoms with Gasteiger partial charge in [-0.05, 0) is 6.07 Å². The van der Waals surface area contributed by atoms with Crippen LogP contribution in [0.5, 0.6) is 0 Å². The molecule has 2 N–H and O–H groups in total. The molecule has 0 aliphatic carbocycles. The van der Waals surface area contributed by atoms with Gasteiger partial charge in [0.2, 0.25) is 0 Å². The predicted molar refractivity (Wildman–Crippen MR) is 65.3 cm³/mol. The number of rotatable bonds is 4. The van der Waals surface area contributed by atoms with Crippen molar-refractivity contribution in [2.24, 2.45) is 0 Å². The number of H-pyrrole nitrogens is 1. The summed E-state index contributed by atoms with van der Waals surface area (Å²) in [4.78, 5) is 17.5. The maximum atomic E-state index is 10.4. The van der Waals surface area contributed by atoms with Gasteiger partial charge in [0.1, 0.15) is 0 Å². The van der Waals surface area contributed by atoms with E-state index in [9.17, 15) is 4.79 Å². The Labute approximate surface area is 105 Å². The van der Waals surface area contributed by atoms with E-state index in [-0.39, 0.29) is 5.75 Å². The van der Waals surface area contributed by atoms with Gasteiger partial charge in [-0.1, -0.05) is 23.4 Å². The number of halogens is 1. The molecule has 0 amide bonds. The molecule has 0 radical (unpaired) electrons. The van der Waals surface area contributed by atoms with Crippen molar-refractivity contribution in [1.82, 2.24) is 9.97 Å². The zero-order chi connectivity index (χ0) is 11.5. The molecule has 0 aliphatic heterocycles. The number of hydrogen-bond donors (Lipinski definition) is 2. The van der Waals surface area contributed by atoms with E-state index in [1.807, 2.05) is 11.4 Å². The van der Waals surface area contributed by atoms with Crippen molar-refractivity contribution in [3.8, 4) is 11.3 Å². The summed E-state index contributed by atoms with van der Waals surface area (Å²) in [6.07, 6.45) is 1.67. The summed E-state index contributed by atoms with van der Waals surface area (Å²) in [6.45, 7) is 0. The van der Waals surface area contributed by atoms with Crippen molar-refractivity contribution in [2.45, 2.75) is 5.16 Å². The average Bonchev–Trinajstić information content (AvgIpc) is 2.83. The monoisotopic (exact) mass is 274 g/mol. The van der Waals surface area contributed by atoms with E-state index in [4.69, 9.17) is 16.7 Å². The number of nitrogens with one attached hydrogen (secondary N) is 1. The molecular weight excluding hydrogens is 268 g/mol. The van der Waals surface area contributed by atoms with Crippen LogP contribution in [0.15, 0.2) is 22.8 Å². The number of carboxylic acid groups (broad SMARTS) is 1. The van der Waals surface area contributed by atoms with Gasteiger partial charge in [-0.15, -0.1) is 11.3 Å². The molecule has 0 aromatic carbocycles. The lowest BCUT2D eigenvalue weighted by atomic mass is 10.3. The number of nitrogens with zero attached hydrogens (tertiary/aromatic N) is 1. The van der Waals surface area contributed by atoms with Crippen LogP contribution in [0.2, 0.25) is 4.34 Å². The molecule has 0 spiro atoms. The molecule has 4 nitrogen and oxygen atoms in total. The standard InChI is InChI=1S/C9H7ClN2O2S2/c10-7-1-5(3-15-7)6-2-11-9(12-6)16-4-8(13)14/h1-3H,4H2,(H,11,12)(H,13,14). The fourth-order valence-electron chi connectivity index (χ4n) is 1.10. The van der Waals surface area contributed by atoms with Gasteiger partial charge in [-0.25, -0.2) is 4.98 Å². The Morgan fingerprint density at radius 1 is 1.69 bits per heavy atom. The number of aromatic nitrogens is 2. The van der Waals surface area contributed by atoms with Gasteiger partial charge in [-0.2, -0.15) is 0 Å². The Balaban J connectivity index is 2.10. The summed E-state index contributed by atoms with van der Waals surface area (Å²) < 4.78 is 0.712. The lowest BCUT2D eigenvalue weighted by molar-refractivity contribution is -0.133. The minimum Gasteiger partial charge on any atom is -0.481 e. The number of carbonyl (C=O) groups is 1. The molecule has 0 fully saturated rings. The lowest BCUT2D eigenvalue weighted by Gasteiger charge is -1.92. The van der Waals surface area contributed by atoms with Crippen molar-refractivity contribution >= 4 is 40.7 Å². The highest BCUT2D eigenvalue weighted by Crippen LogP contribution is 2.28. The van der Waals surface area contributed by atoms with Crippen LogP contribution >= 0.6 is 34.7 Å². The highest BCUT2D eigenvalue weighted by Gasteiger charge is 2.07. The quantitative estimate of drug-likeness (QED) is 0.841. The average molecular weight is 275 g/mol. The Morgan fingerprint density at radius 3 is 3.12 bits per heavy atom. The first-order valence-electron chi connectivity index (χ1n) is 4.29. The summed E-state index contributed by atoms with van der Waals surface area (Å²) in [5.41, 5.74) is 1.81. The van der Waals surface area contributed by atoms with E-state index in [1.165, 1.54) is 11.3 Å². The molecule has 7 heteroatoms. The van der Waals surface area contributed by atoms with Crippen LogP contribution in [0.4, 0.5) is 0 Å². The van der Waals surface area contributed by atoms with Crippen molar-refractivity contribution in [3.63, 3.8) is 0 Å². The zero-order valence-electron chi connectivity index (χ0n) is 7.94. The molecule has 0 atom stereocenters. The van der Waals surface area contributed by atoms with E-state index >= 15 is 0 Å². The Bertz CT molecular complexity index is 509. The molecule has 16 heavy (non-hydrogen) atoms. The summed E-state index contributed by atoms with van der Waals surface area (Å²) in [5, 5.41) is 11.0. The molecule has 2 rings (SSSR count). The Hall–Kier alpha value is -0.980. The van der Waals surface area contributed by atoms with Gasteiger partial charge < -0.3 is 10.1 Å². The second-order valence-corrected chi connectivity index (χ2v) is 5.43. The van der Waals surface area contributed by atoms with Crippen LogP contribution in [-0.4, -0.2) is 26.8 Å². The number of thiophene rings is 1. The van der Waals surface area contributed by atoms with Crippen LogP contribution < -0.4 is 0 Å². The molecule has 0 saturated carbocycles. The van der Waals surface area contributed by atoms with E-state index in [2.05, 4.69) is 9.97 Å². The minimum absolute atomic E-state index is 0.00263. The second kappa shape index (κ2) is 4.90. The van der Waals surface area contributed by atoms with Crippen LogP contribution in [0, 0.1) is 0 Å². The smallest absolute Gasteiger partial charge is 0.313 e. The lowest BCUT2D eigenvalue weighted by Crippen LogP contribution is -1.97. The van der Waals surface area contributed by atoms with Gasteiger partial charge in [0, 0.05) is 10.9 Å². The van der Waals surface area contributed by atoms with Crippen LogP contribution in [0.25, 0.3) is 11.3 Å². The van der Waals surface area contributed by atoms with Gasteiger partial charge in [-0.3, -0.25) is 4.79 Å². The largest absolute Gasteiger partial charge is 0.481 e. The molecule has 2 heterocycles. The summed E-state index contributed by atoms with van der Waals surface area (Å²) in [7, 11) is 0. The van der Waals surface area contributed by atoms with E-state index in [1.54, 1.807) is 6.20 Å². The topological polar surface area (TPSA) is 66.0 Å². The normalized spacial score (nSPS) is 10.6. The van der Waals surface area contributed by atoms with Crippen LogP contribution in [0.1, 0.15) is 0 Å². The summed E-state index contributed by atoms with van der Waals surface area (Å²) in [6, 6.07) is 1.84. The summed E-state index contributed by atoms with van der Waals surface area (Å²) >= 11 is 8.42. The molecule has 0 aliphatic rings. The first-order valence-corrected chi connectivity index (χ1v) is 6.53. The molecule has 2 aromatic heterocycles. The molecule has 84 valence electrons. The highest BCUT2D eigenvalue weighted by molar-refractivity contribution is 7.99. The third-order valence-corrected chi connectivity index (χ3v) is 3.73. The SMILES string of the molecule is O=C(O)CSc1ncc(-c2csc(Cl)c2)[nH]1. The number of hydrogen-bond acceptors (Lipinski definition) is 4. The Kier molecular flexibility index (Phi) is 3.52. The van der Waals surface area contributed by atoms with Crippen LogP contribution in [-0.2, 0) is 4.79 Å². The minimum atomic E-state index is -0.860. The van der Waals surface area contributed by atoms with Gasteiger partial charge >= 0.3 is 5.97 Å². The fraction of sp³-hybridized carbons (Fsp3) is 0.111. The summed E-state index contributed by atoms with van der Waals surface area (Å²) in [5.74, 6) is -0.862. The first kappa shape index (κ1) is 11.5. The maximum Gasteiger partial charge on any atom is 0.313 e. The van der Waals surface area contributed by atoms with Gasteiger partial charge in [0.25, 0.3) is 0 Å². The maximum absolute atomic E-state index is 10.4. The molecule has 0 unspecified atom stereocenters. The predicted octanol–water partition coefficient (Wildman–Crippen LogP) is 2.97. The number of thioether (sulfide) groups is 1. The van der Waals surface area contributed by atoms with Gasteiger partial charge in [0.15, 0.2) is 5.16 Å². The molecular formula is C9H7ClN2O2S2. The van der Waals surface area contributed by atoms with Crippen LogP contribution in [0.3, 0.4) is 0 Å². The number of aliphatic carboxylic acids is 1. The first-order chi connectivity index (χ1) is 7.65. The zero-order valence-corrected chi connectivity index (χ0v) is 10.3. The molecule has 2 aromatic rings. The van der Waals surface area contributed by atoms with Gasteiger partial charge in [0.05, 0.1) is 22.0 Å². The highest BCUT2D eigenvalue weighted by atomic mass is 35.5. The third-order valence-electron chi connectivity index (χ3n) is 1.76. The third kappa shape index (κ3) is 2.78. The fourth-order valence-corrected chi connectivity index (χ4v) is 2.55. The number of carboxylic acids is 1. The molecule has 0 bridgehead atoms. The number of aromatic amines is 1. The van der Waals surface area contributed by atoms with E-state index < -0.39 is 5.97 Å². The number of imidazole rings is 1. The van der Waals surface area contributed by atoms with Crippen molar-refractivity contribution < 1.29 is 9.90 Å². The van der Waals surface area contributed by atoms with Crippen molar-refractivity contribution in [1.29, 1.82) is 0 Å². The Morgan fingerprint density at radius 2 is 2.50 bits per heavy atom. The van der Waals surface area contributed by atoms with E-state index in [0.717, 1.165) is 23.0 Å². The van der Waals surface area contributed by atoms with Crippen molar-refractivity contribution in [3.05, 3.63) is 22.0 Å². The second-order valence-electron chi connectivity index (χ2n) is 2.92. The van der Waals surface area contributed by atoms with E-state index in [0.29, 0.717) is 9.49 Å². The molecule has 0 saturated heterocycles.